The summed E-state index contributed by atoms with van der Waals surface area (Å²) in [4.78, 5) is 16.0. The van der Waals surface area contributed by atoms with Crippen LogP contribution in [0.5, 0.6) is 0 Å². The summed E-state index contributed by atoms with van der Waals surface area (Å²) in [5.74, 6) is 0.0387. The summed E-state index contributed by atoms with van der Waals surface area (Å²) < 4.78 is 4.81. The molecule has 4 heteroatoms. The van der Waals surface area contributed by atoms with Gasteiger partial charge in [-0.15, -0.1) is 0 Å². The summed E-state index contributed by atoms with van der Waals surface area (Å²) in [6, 6.07) is 2.65. The monoisotopic (exact) mass is 276 g/mol. The molecule has 1 aromatic rings. The molecular formula is C16H24N2O2. The third-order valence-corrected chi connectivity index (χ3v) is 4.14. The molecule has 0 radical (unpaired) electrons. The van der Waals surface area contributed by atoms with Crippen LogP contribution in [-0.4, -0.2) is 24.1 Å². The van der Waals surface area contributed by atoms with Crippen LogP contribution in [0, 0.1) is 19.8 Å². The Kier molecular flexibility index (Phi) is 5.12. The Morgan fingerprint density at radius 1 is 1.35 bits per heavy atom. The van der Waals surface area contributed by atoms with Crippen LogP contribution in [0.1, 0.15) is 42.5 Å². The number of aryl methyl sites for hydroxylation is 2. The van der Waals surface area contributed by atoms with Crippen molar-refractivity contribution in [3.05, 3.63) is 29.1 Å². The molecular weight excluding hydrogens is 252 g/mol. The van der Waals surface area contributed by atoms with Gasteiger partial charge in [0.25, 0.3) is 0 Å². The zero-order valence-corrected chi connectivity index (χ0v) is 12.6. The third kappa shape index (κ3) is 3.79. The normalized spacial score (nSPS) is 22.6. The van der Waals surface area contributed by atoms with Crippen molar-refractivity contribution < 1.29 is 9.53 Å². The molecule has 1 heterocycles. The van der Waals surface area contributed by atoms with Crippen molar-refractivity contribution in [2.75, 3.05) is 7.11 Å². The number of methoxy groups -OCH3 is 1. The van der Waals surface area contributed by atoms with Crippen molar-refractivity contribution in [1.82, 2.24) is 10.3 Å². The first-order valence-corrected chi connectivity index (χ1v) is 7.33. The fraction of sp³-hybridized carbons (Fsp3) is 0.625. The average Bonchev–Trinajstić information content (AvgIpc) is 2.46. The Labute approximate surface area is 120 Å². The second-order valence-electron chi connectivity index (χ2n) is 5.73. The van der Waals surface area contributed by atoms with Gasteiger partial charge in [0, 0.05) is 18.8 Å². The maximum absolute atomic E-state index is 11.5. The van der Waals surface area contributed by atoms with E-state index in [9.17, 15) is 4.79 Å². The van der Waals surface area contributed by atoms with Gasteiger partial charge in [-0.1, -0.05) is 6.07 Å². The molecule has 0 spiro atoms. The number of ether oxygens (including phenoxy) is 1. The maximum atomic E-state index is 11.5. The Morgan fingerprint density at radius 3 is 2.65 bits per heavy atom. The second-order valence-corrected chi connectivity index (χ2v) is 5.73. The average molecular weight is 276 g/mol. The first kappa shape index (κ1) is 15.0. The number of carbonyl (C=O) groups is 1. The summed E-state index contributed by atoms with van der Waals surface area (Å²) >= 11 is 0. The lowest BCUT2D eigenvalue weighted by Gasteiger charge is -2.27. The summed E-state index contributed by atoms with van der Waals surface area (Å²) in [7, 11) is 1.47. The molecule has 2 rings (SSSR count). The van der Waals surface area contributed by atoms with Crippen LogP contribution >= 0.6 is 0 Å². The van der Waals surface area contributed by atoms with Gasteiger partial charge in [0.1, 0.15) is 0 Å². The Morgan fingerprint density at radius 2 is 2.05 bits per heavy atom. The van der Waals surface area contributed by atoms with E-state index >= 15 is 0 Å². The molecule has 1 fully saturated rings. The Bertz CT molecular complexity index is 466. The van der Waals surface area contributed by atoms with E-state index in [4.69, 9.17) is 4.74 Å². The van der Waals surface area contributed by atoms with Gasteiger partial charge in [0.2, 0.25) is 0 Å². The molecule has 0 bridgehead atoms. The standard InChI is InChI=1S/C16H24N2O2/c1-11-8-12(2)15(18-9-11)10-17-14-6-4-13(5-7-14)16(19)20-3/h8-9,13-14,17H,4-7,10H2,1-3H3. The summed E-state index contributed by atoms with van der Waals surface area (Å²) in [6.45, 7) is 4.97. The van der Waals surface area contributed by atoms with Gasteiger partial charge in [-0.2, -0.15) is 0 Å². The van der Waals surface area contributed by atoms with Gasteiger partial charge in [0.15, 0.2) is 0 Å². The number of aromatic nitrogens is 1. The highest BCUT2D eigenvalue weighted by Crippen LogP contribution is 2.25. The molecule has 1 aliphatic rings. The highest BCUT2D eigenvalue weighted by Gasteiger charge is 2.26. The highest BCUT2D eigenvalue weighted by atomic mass is 16.5. The number of hydrogen-bond donors (Lipinski definition) is 1. The zero-order valence-electron chi connectivity index (χ0n) is 12.6. The predicted molar refractivity (Wildman–Crippen MR) is 78.3 cm³/mol. The fourth-order valence-corrected chi connectivity index (χ4v) is 2.87. The minimum Gasteiger partial charge on any atom is -0.469 e. The zero-order chi connectivity index (χ0) is 14.5. The quantitative estimate of drug-likeness (QED) is 0.859. The highest BCUT2D eigenvalue weighted by molar-refractivity contribution is 5.72. The number of rotatable bonds is 4. The molecule has 1 saturated carbocycles. The summed E-state index contributed by atoms with van der Waals surface area (Å²) in [5.41, 5.74) is 3.55. The van der Waals surface area contributed by atoms with E-state index in [1.165, 1.54) is 18.2 Å². The number of esters is 1. The molecule has 1 N–H and O–H groups in total. The van der Waals surface area contributed by atoms with Crippen LogP contribution in [0.3, 0.4) is 0 Å². The fourth-order valence-electron chi connectivity index (χ4n) is 2.87. The summed E-state index contributed by atoms with van der Waals surface area (Å²) in [5, 5.41) is 3.56. The van der Waals surface area contributed by atoms with E-state index < -0.39 is 0 Å². The molecule has 0 amide bonds. The Hall–Kier alpha value is -1.42. The van der Waals surface area contributed by atoms with E-state index in [0.29, 0.717) is 6.04 Å². The van der Waals surface area contributed by atoms with E-state index in [1.54, 1.807) is 0 Å². The lowest BCUT2D eigenvalue weighted by molar-refractivity contribution is -0.146. The SMILES string of the molecule is COC(=O)C1CCC(NCc2ncc(C)cc2C)CC1. The molecule has 4 nitrogen and oxygen atoms in total. The lowest BCUT2D eigenvalue weighted by atomic mass is 9.86. The summed E-state index contributed by atoms with van der Waals surface area (Å²) in [6.07, 6.45) is 5.82. The molecule has 0 atom stereocenters. The molecule has 0 aromatic carbocycles. The van der Waals surface area contributed by atoms with Crippen LogP contribution in [0.4, 0.5) is 0 Å². The lowest BCUT2D eigenvalue weighted by Crippen LogP contribution is -2.35. The van der Waals surface area contributed by atoms with Crippen molar-refractivity contribution in [3.63, 3.8) is 0 Å². The predicted octanol–water partition coefficient (Wildman–Crippen LogP) is 2.52. The van der Waals surface area contributed by atoms with Gasteiger partial charge in [0.05, 0.1) is 18.7 Å². The van der Waals surface area contributed by atoms with Crippen molar-refractivity contribution >= 4 is 5.97 Å². The van der Waals surface area contributed by atoms with Crippen LogP contribution in [-0.2, 0) is 16.1 Å². The first-order chi connectivity index (χ1) is 9.60. The van der Waals surface area contributed by atoms with Gasteiger partial charge >= 0.3 is 5.97 Å². The molecule has 0 aliphatic heterocycles. The molecule has 1 aliphatic carbocycles. The minimum atomic E-state index is -0.0560. The number of nitrogens with zero attached hydrogens (tertiary/aromatic N) is 1. The first-order valence-electron chi connectivity index (χ1n) is 7.33. The molecule has 0 unspecified atom stereocenters. The third-order valence-electron chi connectivity index (χ3n) is 4.14. The van der Waals surface area contributed by atoms with Crippen molar-refractivity contribution in [2.45, 2.75) is 52.1 Å². The van der Waals surface area contributed by atoms with E-state index in [1.807, 2.05) is 6.20 Å². The largest absolute Gasteiger partial charge is 0.469 e. The van der Waals surface area contributed by atoms with Gasteiger partial charge in [-0.05, 0) is 50.7 Å². The maximum Gasteiger partial charge on any atom is 0.308 e. The molecule has 20 heavy (non-hydrogen) atoms. The van der Waals surface area contributed by atoms with Gasteiger partial charge in [-0.25, -0.2) is 0 Å². The number of pyridine rings is 1. The van der Waals surface area contributed by atoms with Crippen molar-refractivity contribution in [1.29, 1.82) is 0 Å². The minimum absolute atomic E-state index is 0.0560. The molecule has 0 saturated heterocycles. The number of carbonyl (C=O) groups excluding carboxylic acids is 1. The van der Waals surface area contributed by atoms with E-state index in [0.717, 1.165) is 37.9 Å². The second kappa shape index (κ2) is 6.84. The number of nitrogens with one attached hydrogen (secondary N) is 1. The smallest absolute Gasteiger partial charge is 0.308 e. The van der Waals surface area contributed by atoms with Crippen LogP contribution in [0.2, 0.25) is 0 Å². The Balaban J connectivity index is 1.80. The van der Waals surface area contributed by atoms with Crippen LogP contribution in [0.15, 0.2) is 12.3 Å². The topological polar surface area (TPSA) is 51.2 Å². The van der Waals surface area contributed by atoms with Gasteiger partial charge in [-0.3, -0.25) is 9.78 Å². The molecule has 1 aromatic heterocycles. The van der Waals surface area contributed by atoms with Crippen molar-refractivity contribution in [3.8, 4) is 0 Å². The van der Waals surface area contributed by atoms with Gasteiger partial charge < -0.3 is 10.1 Å². The van der Waals surface area contributed by atoms with Crippen molar-refractivity contribution in [2.24, 2.45) is 5.92 Å². The number of hydrogen-bond acceptors (Lipinski definition) is 4. The molecule has 110 valence electrons. The van der Waals surface area contributed by atoms with E-state index in [-0.39, 0.29) is 11.9 Å². The van der Waals surface area contributed by atoms with Crippen LogP contribution in [0.25, 0.3) is 0 Å². The van der Waals surface area contributed by atoms with E-state index in [2.05, 4.69) is 30.2 Å². The van der Waals surface area contributed by atoms with Crippen LogP contribution < -0.4 is 5.32 Å².